The molecule has 0 bridgehead atoms. The molecule has 3 amide bonds. The van der Waals surface area contributed by atoms with Gasteiger partial charge in [-0.1, -0.05) is 17.7 Å². The third-order valence-corrected chi connectivity index (χ3v) is 6.69. The molecule has 1 aliphatic carbocycles. The Hall–Kier alpha value is -3.43. The number of benzene rings is 1. The molecular weight excluding hydrogens is 484 g/mol. The quantitative estimate of drug-likeness (QED) is 0.437. The second kappa shape index (κ2) is 11.1. The van der Waals surface area contributed by atoms with Gasteiger partial charge in [-0.3, -0.25) is 14.4 Å². The normalized spacial score (nSPS) is 17.6. The average Bonchev–Trinajstić information content (AvgIpc) is 3.23. The van der Waals surface area contributed by atoms with Gasteiger partial charge in [-0.05, 0) is 61.9 Å². The molecule has 36 heavy (non-hydrogen) atoms. The SMILES string of the molecule is CN(C)C(=O)[C@H]1CC[C@H](C(=O)Nc2c(C(=O)Nc3ccc(Cl)cn3)oc3ccc(CCO)cc23)CC1. The van der Waals surface area contributed by atoms with Gasteiger partial charge in [0.25, 0.3) is 5.91 Å². The molecule has 0 saturated heterocycles. The second-order valence-electron chi connectivity index (χ2n) is 9.20. The van der Waals surface area contributed by atoms with Crippen molar-refractivity contribution in [3.8, 4) is 0 Å². The minimum absolute atomic E-state index is 0.0322. The summed E-state index contributed by atoms with van der Waals surface area (Å²) in [5, 5.41) is 15.9. The van der Waals surface area contributed by atoms with Crippen molar-refractivity contribution < 1.29 is 23.9 Å². The van der Waals surface area contributed by atoms with Gasteiger partial charge in [0.1, 0.15) is 17.1 Å². The van der Waals surface area contributed by atoms with Gasteiger partial charge in [0, 0.05) is 44.1 Å². The zero-order chi connectivity index (χ0) is 25.8. The van der Waals surface area contributed by atoms with E-state index in [2.05, 4.69) is 15.6 Å². The molecule has 3 N–H and O–H groups in total. The van der Waals surface area contributed by atoms with Crippen molar-refractivity contribution in [2.45, 2.75) is 32.1 Å². The summed E-state index contributed by atoms with van der Waals surface area (Å²) in [6.45, 7) is -0.0322. The Morgan fingerprint density at radius 2 is 1.81 bits per heavy atom. The molecule has 0 atom stereocenters. The van der Waals surface area contributed by atoms with E-state index in [9.17, 15) is 19.5 Å². The first kappa shape index (κ1) is 25.7. The number of amides is 3. The number of fused-ring (bicyclic) bond motifs is 1. The van der Waals surface area contributed by atoms with E-state index < -0.39 is 5.91 Å². The lowest BCUT2D eigenvalue weighted by Crippen LogP contribution is -2.35. The number of aromatic nitrogens is 1. The fraction of sp³-hybridized carbons (Fsp3) is 0.385. The van der Waals surface area contributed by atoms with E-state index in [1.165, 1.54) is 6.20 Å². The number of rotatable bonds is 7. The van der Waals surface area contributed by atoms with Crippen LogP contribution in [0.3, 0.4) is 0 Å². The molecule has 0 aliphatic heterocycles. The number of halogens is 1. The highest BCUT2D eigenvalue weighted by Crippen LogP contribution is 2.35. The van der Waals surface area contributed by atoms with Gasteiger partial charge in [-0.2, -0.15) is 0 Å². The summed E-state index contributed by atoms with van der Waals surface area (Å²) in [4.78, 5) is 44.3. The van der Waals surface area contributed by atoms with Crippen LogP contribution in [-0.4, -0.2) is 53.4 Å². The van der Waals surface area contributed by atoms with Gasteiger partial charge in [0.05, 0.1) is 5.02 Å². The number of hydrogen-bond acceptors (Lipinski definition) is 6. The number of pyridine rings is 1. The molecule has 190 valence electrons. The zero-order valence-electron chi connectivity index (χ0n) is 20.2. The Kier molecular flexibility index (Phi) is 7.91. The molecule has 1 fully saturated rings. The number of aliphatic hydroxyl groups is 1. The highest BCUT2D eigenvalue weighted by atomic mass is 35.5. The average molecular weight is 513 g/mol. The van der Waals surface area contributed by atoms with Crippen molar-refractivity contribution >= 4 is 51.8 Å². The summed E-state index contributed by atoms with van der Waals surface area (Å²) in [6, 6.07) is 8.48. The van der Waals surface area contributed by atoms with E-state index in [0.29, 0.717) is 48.1 Å². The van der Waals surface area contributed by atoms with Crippen LogP contribution in [0.5, 0.6) is 0 Å². The molecule has 10 heteroatoms. The van der Waals surface area contributed by atoms with Gasteiger partial charge in [0.2, 0.25) is 17.6 Å². The van der Waals surface area contributed by atoms with E-state index in [-0.39, 0.29) is 47.5 Å². The Balaban J connectivity index is 1.59. The minimum Gasteiger partial charge on any atom is -0.449 e. The highest BCUT2D eigenvalue weighted by Gasteiger charge is 2.32. The summed E-state index contributed by atoms with van der Waals surface area (Å²) >= 11 is 5.88. The van der Waals surface area contributed by atoms with Crippen molar-refractivity contribution in [1.82, 2.24) is 9.88 Å². The van der Waals surface area contributed by atoms with Crippen LogP contribution in [-0.2, 0) is 16.0 Å². The van der Waals surface area contributed by atoms with Crippen LogP contribution in [0.4, 0.5) is 11.5 Å². The number of furan rings is 1. The van der Waals surface area contributed by atoms with Gasteiger partial charge < -0.3 is 25.1 Å². The van der Waals surface area contributed by atoms with E-state index >= 15 is 0 Å². The monoisotopic (exact) mass is 512 g/mol. The number of hydrogen-bond donors (Lipinski definition) is 3. The van der Waals surface area contributed by atoms with Gasteiger partial charge >= 0.3 is 0 Å². The standard InChI is InChI=1S/C26H29ClN4O5/c1-31(2)26(35)17-6-4-16(5-7-17)24(33)30-22-19-13-15(11-12-32)3-9-20(19)36-23(22)25(34)29-21-10-8-18(27)14-28-21/h3,8-10,13-14,16-17,32H,4-7,11-12H2,1-2H3,(H,30,33)(H,28,29,34)/t16-,17-. The van der Waals surface area contributed by atoms with E-state index in [0.717, 1.165) is 5.56 Å². The predicted octanol–water partition coefficient (Wildman–Crippen LogP) is 4.10. The number of aliphatic hydroxyl groups excluding tert-OH is 1. The third kappa shape index (κ3) is 5.68. The van der Waals surface area contributed by atoms with Crippen LogP contribution in [0.25, 0.3) is 11.0 Å². The van der Waals surface area contributed by atoms with Crippen LogP contribution in [0, 0.1) is 11.8 Å². The molecule has 9 nitrogen and oxygen atoms in total. The molecule has 2 aromatic heterocycles. The minimum atomic E-state index is -0.569. The molecule has 0 spiro atoms. The molecule has 4 rings (SSSR count). The molecule has 1 aromatic carbocycles. The predicted molar refractivity (Wildman–Crippen MR) is 137 cm³/mol. The number of nitrogens with one attached hydrogen (secondary N) is 2. The van der Waals surface area contributed by atoms with Crippen LogP contribution < -0.4 is 10.6 Å². The van der Waals surface area contributed by atoms with Crippen LogP contribution in [0.15, 0.2) is 40.9 Å². The first-order chi connectivity index (χ1) is 17.3. The van der Waals surface area contributed by atoms with Crippen molar-refractivity contribution in [3.63, 3.8) is 0 Å². The third-order valence-electron chi connectivity index (χ3n) is 6.46. The van der Waals surface area contributed by atoms with E-state index in [1.807, 2.05) is 0 Å². The summed E-state index contributed by atoms with van der Waals surface area (Å²) in [7, 11) is 3.48. The van der Waals surface area contributed by atoms with Crippen LogP contribution >= 0.6 is 11.6 Å². The first-order valence-corrected chi connectivity index (χ1v) is 12.3. The Bertz CT molecular complexity index is 1260. The van der Waals surface area contributed by atoms with Crippen LogP contribution in [0.2, 0.25) is 5.02 Å². The molecule has 0 unspecified atom stereocenters. The van der Waals surface area contributed by atoms with Crippen molar-refractivity contribution in [1.29, 1.82) is 0 Å². The number of anilines is 2. The summed E-state index contributed by atoms with van der Waals surface area (Å²) in [6.07, 6.45) is 4.27. The maximum atomic E-state index is 13.3. The van der Waals surface area contributed by atoms with Gasteiger partial charge in [0.15, 0.2) is 0 Å². The molecule has 3 aromatic rings. The molecular formula is C26H29ClN4O5. The number of carbonyl (C=O) groups is 3. The second-order valence-corrected chi connectivity index (χ2v) is 9.63. The topological polar surface area (TPSA) is 125 Å². The first-order valence-electron chi connectivity index (χ1n) is 11.9. The van der Waals surface area contributed by atoms with Gasteiger partial charge in [-0.15, -0.1) is 0 Å². The molecule has 0 radical (unpaired) electrons. The number of nitrogens with zero attached hydrogens (tertiary/aromatic N) is 2. The lowest BCUT2D eigenvalue weighted by molar-refractivity contribution is -0.135. The fourth-order valence-corrected chi connectivity index (χ4v) is 4.64. The Labute approximate surface area is 213 Å². The van der Waals surface area contributed by atoms with Crippen molar-refractivity contribution in [2.75, 3.05) is 31.3 Å². The lowest BCUT2D eigenvalue weighted by Gasteiger charge is -2.28. The Morgan fingerprint density at radius 1 is 1.08 bits per heavy atom. The molecule has 2 heterocycles. The highest BCUT2D eigenvalue weighted by molar-refractivity contribution is 6.30. The maximum Gasteiger partial charge on any atom is 0.294 e. The molecule has 1 saturated carbocycles. The van der Waals surface area contributed by atoms with Crippen LogP contribution in [0.1, 0.15) is 41.8 Å². The van der Waals surface area contributed by atoms with Crippen molar-refractivity contribution in [2.24, 2.45) is 11.8 Å². The van der Waals surface area contributed by atoms with Crippen molar-refractivity contribution in [3.05, 3.63) is 52.9 Å². The summed E-state index contributed by atoms with van der Waals surface area (Å²) < 4.78 is 5.86. The molecule has 1 aliphatic rings. The Morgan fingerprint density at radius 3 is 2.44 bits per heavy atom. The van der Waals surface area contributed by atoms with Gasteiger partial charge in [-0.25, -0.2) is 4.98 Å². The summed E-state index contributed by atoms with van der Waals surface area (Å²) in [5.41, 5.74) is 1.55. The summed E-state index contributed by atoms with van der Waals surface area (Å²) in [5.74, 6) is -0.829. The van der Waals surface area contributed by atoms with E-state index in [1.54, 1.807) is 49.3 Å². The lowest BCUT2D eigenvalue weighted by atomic mass is 9.81. The largest absolute Gasteiger partial charge is 0.449 e. The fourth-order valence-electron chi connectivity index (χ4n) is 4.53. The smallest absolute Gasteiger partial charge is 0.294 e. The van der Waals surface area contributed by atoms with E-state index in [4.69, 9.17) is 16.0 Å². The maximum absolute atomic E-state index is 13.3. The number of carbonyl (C=O) groups excluding carboxylic acids is 3. The zero-order valence-corrected chi connectivity index (χ0v) is 21.0.